The number of aryl methyl sites for hydroxylation is 1. The molecule has 0 amide bonds. The van der Waals surface area contributed by atoms with Crippen molar-refractivity contribution in [1.29, 1.82) is 0 Å². The maximum absolute atomic E-state index is 14.3. The van der Waals surface area contributed by atoms with Gasteiger partial charge in [-0.1, -0.05) is 30.3 Å². The summed E-state index contributed by atoms with van der Waals surface area (Å²) in [4.78, 5) is 25.7. The van der Waals surface area contributed by atoms with E-state index in [-0.39, 0.29) is 16.9 Å². The van der Waals surface area contributed by atoms with Gasteiger partial charge in [-0.15, -0.1) is 0 Å². The first kappa shape index (κ1) is 20.9. The molecule has 1 atom stereocenters. The zero-order valence-corrected chi connectivity index (χ0v) is 18.0. The van der Waals surface area contributed by atoms with Crippen molar-refractivity contribution in [2.24, 2.45) is 0 Å². The van der Waals surface area contributed by atoms with Gasteiger partial charge in [-0.05, 0) is 55.2 Å². The van der Waals surface area contributed by atoms with Gasteiger partial charge in [0.25, 0.3) is 0 Å². The van der Waals surface area contributed by atoms with Crippen molar-refractivity contribution >= 4 is 16.8 Å². The van der Waals surface area contributed by atoms with E-state index in [2.05, 4.69) is 0 Å². The van der Waals surface area contributed by atoms with Crippen LogP contribution in [0.15, 0.2) is 75.9 Å². The zero-order chi connectivity index (χ0) is 22.9. The topological polar surface area (TPSA) is 65.7 Å². The molecule has 5 nitrogen and oxygen atoms in total. The van der Waals surface area contributed by atoms with Crippen molar-refractivity contribution in [1.82, 2.24) is 0 Å². The molecule has 5 rings (SSSR count). The molecule has 0 aliphatic heterocycles. The molecule has 0 N–H and O–H groups in total. The van der Waals surface area contributed by atoms with Crippen LogP contribution in [0.25, 0.3) is 11.0 Å². The monoisotopic (exact) mass is 444 g/mol. The highest BCUT2D eigenvalue weighted by Gasteiger charge is 2.26. The van der Waals surface area contributed by atoms with E-state index in [0.717, 1.165) is 41.8 Å². The molecular formula is C27H21FO5. The molecule has 0 unspecified atom stereocenters. The first-order valence-corrected chi connectivity index (χ1v) is 10.7. The first-order chi connectivity index (χ1) is 16.0. The van der Waals surface area contributed by atoms with Crippen molar-refractivity contribution < 1.29 is 23.1 Å². The second kappa shape index (κ2) is 8.54. The van der Waals surface area contributed by atoms with Crippen LogP contribution in [0.5, 0.6) is 11.5 Å². The minimum absolute atomic E-state index is 0.0563. The smallest absolute Gasteiger partial charge is 0.339 e. The van der Waals surface area contributed by atoms with Gasteiger partial charge >= 0.3 is 5.63 Å². The Hall–Kier alpha value is -3.93. The number of rotatable bonds is 6. The normalized spacial score (nSPS) is 13.5. The fourth-order valence-corrected chi connectivity index (χ4v) is 4.35. The van der Waals surface area contributed by atoms with Crippen LogP contribution < -0.4 is 15.1 Å². The lowest BCUT2D eigenvalue weighted by Gasteiger charge is -2.19. The predicted molar refractivity (Wildman–Crippen MR) is 122 cm³/mol. The number of benzene rings is 3. The molecule has 0 fully saturated rings. The summed E-state index contributed by atoms with van der Waals surface area (Å²) in [5.41, 5.74) is 2.65. The summed E-state index contributed by atoms with van der Waals surface area (Å²) >= 11 is 0. The molecule has 6 heteroatoms. The van der Waals surface area contributed by atoms with E-state index in [0.29, 0.717) is 16.9 Å². The van der Waals surface area contributed by atoms with Crippen molar-refractivity contribution in [3.8, 4) is 11.5 Å². The highest BCUT2D eigenvalue weighted by molar-refractivity contribution is 6.00. The molecule has 0 radical (unpaired) electrons. The number of fused-ring (bicyclic) bond motifs is 3. The molecule has 0 spiro atoms. The average Bonchev–Trinajstić information content (AvgIpc) is 3.33. The van der Waals surface area contributed by atoms with Crippen molar-refractivity contribution in [3.05, 3.63) is 105 Å². The summed E-state index contributed by atoms with van der Waals surface area (Å²) in [7, 11) is 1.36. The van der Waals surface area contributed by atoms with Gasteiger partial charge < -0.3 is 13.9 Å². The predicted octanol–water partition coefficient (Wildman–Crippen LogP) is 5.43. The Morgan fingerprint density at radius 1 is 1.00 bits per heavy atom. The average molecular weight is 444 g/mol. The maximum atomic E-state index is 14.3. The number of ether oxygens (including phenoxy) is 2. The number of hydrogen-bond acceptors (Lipinski definition) is 5. The van der Waals surface area contributed by atoms with Crippen LogP contribution in [0.1, 0.15) is 39.6 Å². The molecule has 1 aromatic heterocycles. The summed E-state index contributed by atoms with van der Waals surface area (Å²) in [5, 5.41) is 0.884. The summed E-state index contributed by atoms with van der Waals surface area (Å²) in [5.74, 6) is -0.602. The van der Waals surface area contributed by atoms with Gasteiger partial charge in [0.15, 0.2) is 17.7 Å². The molecule has 33 heavy (non-hydrogen) atoms. The number of carbonyl (C=O) groups excluding carboxylic acids is 1. The highest BCUT2D eigenvalue weighted by atomic mass is 19.1. The van der Waals surface area contributed by atoms with Crippen LogP contribution >= 0.6 is 0 Å². The van der Waals surface area contributed by atoms with E-state index in [1.54, 1.807) is 36.4 Å². The van der Waals surface area contributed by atoms with Crippen LogP contribution in [0.3, 0.4) is 0 Å². The van der Waals surface area contributed by atoms with Gasteiger partial charge in [0.2, 0.25) is 5.78 Å². The Morgan fingerprint density at radius 2 is 1.79 bits per heavy atom. The largest absolute Gasteiger partial charge is 0.494 e. The Bertz CT molecular complexity index is 1410. The van der Waals surface area contributed by atoms with Crippen molar-refractivity contribution in [2.75, 3.05) is 7.11 Å². The SMILES string of the molecule is COc1ccc(C(=O)[C@H](Oc2ccc3c4c(c(=O)oc3c2)CCC4)c2ccccc2)cc1F. The Labute approximate surface area is 189 Å². The highest BCUT2D eigenvalue weighted by Crippen LogP contribution is 2.32. The van der Waals surface area contributed by atoms with Crippen LogP contribution in [-0.4, -0.2) is 12.9 Å². The third kappa shape index (κ3) is 3.89. The van der Waals surface area contributed by atoms with Crippen LogP contribution in [0, 0.1) is 5.82 Å². The Morgan fingerprint density at radius 3 is 2.55 bits per heavy atom. The summed E-state index contributed by atoms with van der Waals surface area (Å²) < 4.78 is 30.9. The number of halogens is 1. The molecule has 1 aliphatic rings. The zero-order valence-electron chi connectivity index (χ0n) is 18.0. The minimum Gasteiger partial charge on any atom is -0.494 e. The Kier molecular flexibility index (Phi) is 5.42. The van der Waals surface area contributed by atoms with Gasteiger partial charge in [-0.25, -0.2) is 9.18 Å². The van der Waals surface area contributed by atoms with E-state index >= 15 is 0 Å². The number of ketones is 1. The number of hydrogen-bond donors (Lipinski definition) is 0. The van der Waals surface area contributed by atoms with Gasteiger partial charge in [-0.2, -0.15) is 0 Å². The molecule has 1 heterocycles. The van der Waals surface area contributed by atoms with Gasteiger partial charge in [-0.3, -0.25) is 4.79 Å². The lowest BCUT2D eigenvalue weighted by Crippen LogP contribution is -2.19. The van der Waals surface area contributed by atoms with Crippen molar-refractivity contribution in [2.45, 2.75) is 25.4 Å². The molecule has 4 aromatic rings. The van der Waals surface area contributed by atoms with Crippen LogP contribution in [-0.2, 0) is 12.8 Å². The fraction of sp³-hybridized carbons (Fsp3) is 0.185. The summed E-state index contributed by atoms with van der Waals surface area (Å²) in [6, 6.07) is 18.3. The second-order valence-corrected chi connectivity index (χ2v) is 7.98. The van der Waals surface area contributed by atoms with Gasteiger partial charge in [0.05, 0.1) is 7.11 Å². The lowest BCUT2D eigenvalue weighted by molar-refractivity contribution is 0.0792. The molecule has 166 valence electrons. The lowest BCUT2D eigenvalue weighted by atomic mass is 9.99. The first-order valence-electron chi connectivity index (χ1n) is 10.7. The number of methoxy groups -OCH3 is 1. The van der Waals surface area contributed by atoms with Gasteiger partial charge in [0.1, 0.15) is 11.3 Å². The van der Waals surface area contributed by atoms with E-state index in [9.17, 15) is 14.0 Å². The fourth-order valence-electron chi connectivity index (χ4n) is 4.35. The molecule has 1 aliphatic carbocycles. The third-order valence-electron chi connectivity index (χ3n) is 5.98. The number of carbonyl (C=O) groups is 1. The maximum Gasteiger partial charge on any atom is 0.339 e. The van der Waals surface area contributed by atoms with E-state index in [4.69, 9.17) is 13.9 Å². The van der Waals surface area contributed by atoms with Gasteiger partial charge in [0, 0.05) is 28.1 Å². The van der Waals surface area contributed by atoms with Crippen LogP contribution in [0.2, 0.25) is 0 Å². The minimum atomic E-state index is -1.02. The number of Topliss-reactive ketones (excluding diaryl/α,β-unsaturated/α-hetero) is 1. The van der Waals surface area contributed by atoms with E-state index in [1.807, 2.05) is 12.1 Å². The molecular weight excluding hydrogens is 423 g/mol. The summed E-state index contributed by atoms with van der Waals surface area (Å²) in [6.45, 7) is 0. The molecule has 0 saturated heterocycles. The van der Waals surface area contributed by atoms with Crippen molar-refractivity contribution in [3.63, 3.8) is 0 Å². The van der Waals surface area contributed by atoms with E-state index in [1.165, 1.54) is 19.2 Å². The summed E-state index contributed by atoms with van der Waals surface area (Å²) in [6.07, 6.45) is 1.48. The second-order valence-electron chi connectivity index (χ2n) is 7.98. The molecule has 0 bridgehead atoms. The van der Waals surface area contributed by atoms with E-state index < -0.39 is 17.7 Å². The third-order valence-corrected chi connectivity index (χ3v) is 5.98. The molecule has 0 saturated carbocycles. The quantitative estimate of drug-likeness (QED) is 0.293. The standard InChI is InChI=1S/C27H21FO5/c1-31-23-13-10-17(14-22(23)28)25(29)26(16-6-3-2-4-7-16)32-18-11-12-20-19-8-5-9-21(19)27(30)33-24(20)15-18/h2-4,6-7,10-15,26H,5,8-9H2,1H3/t26-/m1/s1. The molecule has 3 aromatic carbocycles. The Balaban J connectivity index is 1.53. The van der Waals surface area contributed by atoms with Crippen LogP contribution in [0.4, 0.5) is 4.39 Å².